The fraction of sp³-hybridized carbons (Fsp3) is 0.267. The number of benzene rings is 1. The minimum atomic E-state index is -0.230. The van der Waals surface area contributed by atoms with E-state index < -0.39 is 0 Å². The highest BCUT2D eigenvalue weighted by atomic mass is 35.5. The highest BCUT2D eigenvalue weighted by molar-refractivity contribution is 6.30. The Hall–Kier alpha value is -1.45. The third-order valence-electron chi connectivity index (χ3n) is 3.20. The number of aromatic nitrogens is 1. The van der Waals surface area contributed by atoms with Crippen LogP contribution in [0.15, 0.2) is 36.5 Å². The molecule has 0 aliphatic rings. The quantitative estimate of drug-likeness (QED) is 0.923. The zero-order valence-electron chi connectivity index (χ0n) is 11.0. The largest absolute Gasteiger partial charge is 0.313 e. The van der Waals surface area contributed by atoms with Gasteiger partial charge >= 0.3 is 0 Å². The van der Waals surface area contributed by atoms with Gasteiger partial charge in [-0.25, -0.2) is 4.39 Å². The maximum Gasteiger partial charge on any atom is 0.126 e. The van der Waals surface area contributed by atoms with Crippen LogP contribution < -0.4 is 5.32 Å². The third kappa shape index (κ3) is 3.31. The lowest BCUT2D eigenvalue weighted by Gasteiger charge is -2.18. The van der Waals surface area contributed by atoms with Crippen molar-refractivity contribution in [1.29, 1.82) is 0 Å². The summed E-state index contributed by atoms with van der Waals surface area (Å²) < 4.78 is 13.8. The minimum absolute atomic E-state index is 0.0154. The Bertz CT molecular complexity index is 572. The van der Waals surface area contributed by atoms with Gasteiger partial charge in [0.05, 0.1) is 0 Å². The van der Waals surface area contributed by atoms with E-state index in [9.17, 15) is 4.39 Å². The van der Waals surface area contributed by atoms with Crippen molar-refractivity contribution in [3.8, 4) is 0 Å². The Kier molecular flexibility index (Phi) is 4.51. The van der Waals surface area contributed by atoms with Crippen LogP contribution in [-0.2, 0) is 6.42 Å². The lowest BCUT2D eigenvalue weighted by atomic mass is 9.98. The van der Waals surface area contributed by atoms with E-state index in [0.29, 0.717) is 17.0 Å². The van der Waals surface area contributed by atoms with Gasteiger partial charge in [0.25, 0.3) is 0 Å². The van der Waals surface area contributed by atoms with E-state index >= 15 is 0 Å². The molecule has 2 rings (SSSR count). The molecule has 1 N–H and O–H groups in total. The van der Waals surface area contributed by atoms with E-state index in [1.807, 2.05) is 26.1 Å². The highest BCUT2D eigenvalue weighted by Crippen LogP contribution is 2.23. The molecule has 1 aromatic heterocycles. The number of hydrogen-bond donors (Lipinski definition) is 1. The molecule has 0 radical (unpaired) electrons. The Morgan fingerprint density at radius 1 is 1.37 bits per heavy atom. The number of halogens is 2. The van der Waals surface area contributed by atoms with Gasteiger partial charge in [0.15, 0.2) is 0 Å². The molecular weight excluding hydrogens is 263 g/mol. The number of rotatable bonds is 4. The predicted molar refractivity (Wildman–Crippen MR) is 75.9 cm³/mol. The molecule has 1 atom stereocenters. The molecule has 0 spiro atoms. The van der Waals surface area contributed by atoms with Crippen molar-refractivity contribution in [2.24, 2.45) is 0 Å². The van der Waals surface area contributed by atoms with Gasteiger partial charge in [0.1, 0.15) is 5.82 Å². The van der Waals surface area contributed by atoms with E-state index in [2.05, 4.69) is 10.3 Å². The first-order valence-corrected chi connectivity index (χ1v) is 6.52. The maximum atomic E-state index is 13.8. The zero-order valence-corrected chi connectivity index (χ0v) is 11.7. The summed E-state index contributed by atoms with van der Waals surface area (Å²) in [6.07, 6.45) is 2.29. The summed E-state index contributed by atoms with van der Waals surface area (Å²) >= 11 is 5.92. The Balaban J connectivity index is 2.29. The standard InChI is InChI=1S/C15H16ClFN2/c1-10-13(4-3-7-19-10)15(18-2)9-11-8-12(16)5-6-14(11)17/h3-8,15,18H,9H2,1-2H3. The van der Waals surface area contributed by atoms with Gasteiger partial charge in [-0.1, -0.05) is 17.7 Å². The van der Waals surface area contributed by atoms with Gasteiger partial charge in [-0.3, -0.25) is 4.98 Å². The molecule has 1 heterocycles. The van der Waals surface area contributed by atoms with Crippen LogP contribution >= 0.6 is 11.6 Å². The molecule has 0 bridgehead atoms. The van der Waals surface area contributed by atoms with E-state index in [4.69, 9.17) is 11.6 Å². The second kappa shape index (κ2) is 6.13. The molecule has 1 aromatic carbocycles. The fourth-order valence-corrected chi connectivity index (χ4v) is 2.35. The van der Waals surface area contributed by atoms with E-state index in [-0.39, 0.29) is 11.9 Å². The molecule has 0 aliphatic carbocycles. The number of nitrogens with zero attached hydrogens (tertiary/aromatic N) is 1. The molecule has 2 nitrogen and oxygen atoms in total. The molecule has 0 saturated heterocycles. The Morgan fingerprint density at radius 3 is 2.84 bits per heavy atom. The minimum Gasteiger partial charge on any atom is -0.313 e. The van der Waals surface area contributed by atoms with Gasteiger partial charge in [0.2, 0.25) is 0 Å². The summed E-state index contributed by atoms with van der Waals surface area (Å²) in [6, 6.07) is 8.55. The summed E-state index contributed by atoms with van der Waals surface area (Å²) in [5.41, 5.74) is 2.63. The molecule has 0 aliphatic heterocycles. The van der Waals surface area contributed by atoms with Crippen molar-refractivity contribution in [3.05, 3.63) is 64.2 Å². The molecular formula is C15H16ClFN2. The molecule has 0 saturated carbocycles. The van der Waals surface area contributed by atoms with E-state index in [0.717, 1.165) is 11.3 Å². The fourth-order valence-electron chi connectivity index (χ4n) is 2.15. The van der Waals surface area contributed by atoms with Gasteiger partial charge < -0.3 is 5.32 Å². The smallest absolute Gasteiger partial charge is 0.126 e. The van der Waals surface area contributed by atoms with Crippen LogP contribution in [0.1, 0.15) is 22.9 Å². The number of nitrogens with one attached hydrogen (secondary N) is 1. The second-order valence-electron chi connectivity index (χ2n) is 4.46. The summed E-state index contributed by atoms with van der Waals surface area (Å²) in [7, 11) is 1.86. The molecule has 4 heteroatoms. The van der Waals surface area contributed by atoms with Crippen LogP contribution in [0.5, 0.6) is 0 Å². The van der Waals surface area contributed by atoms with Crippen LogP contribution in [0.25, 0.3) is 0 Å². The van der Waals surface area contributed by atoms with E-state index in [1.54, 1.807) is 18.3 Å². The van der Waals surface area contributed by atoms with Gasteiger partial charge in [0, 0.05) is 23.0 Å². The van der Waals surface area contributed by atoms with Crippen molar-refractivity contribution in [2.75, 3.05) is 7.05 Å². The first-order chi connectivity index (χ1) is 9.11. The molecule has 19 heavy (non-hydrogen) atoms. The lowest BCUT2D eigenvalue weighted by molar-refractivity contribution is 0.551. The maximum absolute atomic E-state index is 13.8. The first kappa shape index (κ1) is 14.0. The summed E-state index contributed by atoms with van der Waals surface area (Å²) in [5.74, 6) is -0.230. The monoisotopic (exact) mass is 278 g/mol. The highest BCUT2D eigenvalue weighted by Gasteiger charge is 2.15. The first-order valence-electron chi connectivity index (χ1n) is 6.14. The van der Waals surface area contributed by atoms with Crippen molar-refractivity contribution in [2.45, 2.75) is 19.4 Å². The predicted octanol–water partition coefficient (Wildman–Crippen LogP) is 3.69. The summed E-state index contributed by atoms with van der Waals surface area (Å²) in [4.78, 5) is 4.27. The van der Waals surface area contributed by atoms with Gasteiger partial charge in [-0.2, -0.15) is 0 Å². The van der Waals surface area contributed by atoms with Crippen molar-refractivity contribution < 1.29 is 4.39 Å². The zero-order chi connectivity index (χ0) is 13.8. The lowest BCUT2D eigenvalue weighted by Crippen LogP contribution is -2.20. The van der Waals surface area contributed by atoms with Crippen LogP contribution in [0.2, 0.25) is 5.02 Å². The Labute approximate surface area is 117 Å². The second-order valence-corrected chi connectivity index (χ2v) is 4.90. The number of aryl methyl sites for hydroxylation is 1. The third-order valence-corrected chi connectivity index (χ3v) is 3.44. The molecule has 2 aromatic rings. The van der Waals surface area contributed by atoms with Gasteiger partial charge in [-0.15, -0.1) is 0 Å². The van der Waals surface area contributed by atoms with Crippen LogP contribution in [0, 0.1) is 12.7 Å². The average molecular weight is 279 g/mol. The van der Waals surface area contributed by atoms with Crippen molar-refractivity contribution in [1.82, 2.24) is 10.3 Å². The average Bonchev–Trinajstić information content (AvgIpc) is 2.41. The molecule has 0 amide bonds. The van der Waals surface area contributed by atoms with Crippen LogP contribution in [0.4, 0.5) is 4.39 Å². The molecule has 100 valence electrons. The van der Waals surface area contributed by atoms with Crippen LogP contribution in [0.3, 0.4) is 0 Å². The van der Waals surface area contributed by atoms with E-state index in [1.165, 1.54) is 6.07 Å². The summed E-state index contributed by atoms with van der Waals surface area (Å²) in [6.45, 7) is 1.95. The molecule has 1 unspecified atom stereocenters. The van der Waals surface area contributed by atoms with Crippen molar-refractivity contribution >= 4 is 11.6 Å². The number of likely N-dealkylation sites (N-methyl/N-ethyl adjacent to an activating group) is 1. The van der Waals surface area contributed by atoms with Gasteiger partial charge in [-0.05, 0) is 55.8 Å². The van der Waals surface area contributed by atoms with Crippen molar-refractivity contribution in [3.63, 3.8) is 0 Å². The topological polar surface area (TPSA) is 24.9 Å². The number of hydrogen-bond acceptors (Lipinski definition) is 2. The summed E-state index contributed by atoms with van der Waals surface area (Å²) in [5, 5.41) is 3.75. The molecule has 0 fully saturated rings. The SMILES string of the molecule is CNC(Cc1cc(Cl)ccc1F)c1cccnc1C. The normalized spacial score (nSPS) is 12.4. The number of pyridine rings is 1. The Morgan fingerprint density at radius 2 is 2.16 bits per heavy atom. The van der Waals surface area contributed by atoms with Crippen LogP contribution in [-0.4, -0.2) is 12.0 Å².